The fourth-order valence-corrected chi connectivity index (χ4v) is 2.06. The van der Waals surface area contributed by atoms with Crippen molar-refractivity contribution in [1.82, 2.24) is 19.9 Å². The van der Waals surface area contributed by atoms with Gasteiger partial charge in [-0.3, -0.25) is 9.97 Å². The molecule has 3 rings (SSSR count). The zero-order chi connectivity index (χ0) is 12.5. The van der Waals surface area contributed by atoms with E-state index in [1.54, 1.807) is 18.7 Å². The number of hydrogen-bond donors (Lipinski definition) is 0. The average Bonchev–Trinajstić information content (AvgIpc) is 2.39. The van der Waals surface area contributed by atoms with Gasteiger partial charge < -0.3 is 0 Å². The third-order valence-electron chi connectivity index (χ3n) is 2.63. The normalized spacial score (nSPS) is 10.8. The molecule has 0 aliphatic rings. The van der Waals surface area contributed by atoms with Crippen LogP contribution >= 0.6 is 11.6 Å². The van der Waals surface area contributed by atoms with Gasteiger partial charge in [0.25, 0.3) is 0 Å². The summed E-state index contributed by atoms with van der Waals surface area (Å²) >= 11 is 6.21. The Balaban J connectivity index is 2.24. The standard InChI is InChI=1S/C13H9ClN4/c1-8-4-11(18-7-17-8)9-5-10(14)13-12(6-9)15-2-3-16-13/h2-7H,1H3. The summed E-state index contributed by atoms with van der Waals surface area (Å²) in [6.45, 7) is 1.92. The van der Waals surface area contributed by atoms with Gasteiger partial charge in [-0.25, -0.2) is 9.97 Å². The van der Waals surface area contributed by atoms with E-state index in [4.69, 9.17) is 11.6 Å². The first-order chi connectivity index (χ1) is 8.74. The molecule has 0 amide bonds. The molecule has 2 heterocycles. The Labute approximate surface area is 109 Å². The molecule has 0 aliphatic carbocycles. The first-order valence-electron chi connectivity index (χ1n) is 5.43. The van der Waals surface area contributed by atoms with Gasteiger partial charge in [-0.1, -0.05) is 11.6 Å². The number of fused-ring (bicyclic) bond motifs is 1. The first kappa shape index (κ1) is 11.0. The number of rotatable bonds is 1. The van der Waals surface area contributed by atoms with Crippen molar-refractivity contribution in [2.75, 3.05) is 0 Å². The molecule has 4 nitrogen and oxygen atoms in total. The highest BCUT2D eigenvalue weighted by Crippen LogP contribution is 2.27. The van der Waals surface area contributed by atoms with E-state index in [1.165, 1.54) is 0 Å². The minimum Gasteiger partial charge on any atom is -0.253 e. The summed E-state index contributed by atoms with van der Waals surface area (Å²) in [6.07, 6.45) is 4.82. The molecule has 0 saturated carbocycles. The van der Waals surface area contributed by atoms with Crippen molar-refractivity contribution in [3.8, 4) is 11.3 Å². The molecule has 0 radical (unpaired) electrons. The number of hydrogen-bond acceptors (Lipinski definition) is 4. The number of aryl methyl sites for hydroxylation is 1. The summed E-state index contributed by atoms with van der Waals surface area (Å²) in [7, 11) is 0. The van der Waals surface area contributed by atoms with Crippen LogP contribution in [-0.2, 0) is 0 Å². The van der Waals surface area contributed by atoms with E-state index < -0.39 is 0 Å². The third-order valence-corrected chi connectivity index (χ3v) is 2.91. The molecule has 88 valence electrons. The van der Waals surface area contributed by atoms with Crippen LogP contribution in [0, 0.1) is 6.92 Å². The summed E-state index contributed by atoms with van der Waals surface area (Å²) < 4.78 is 0. The van der Waals surface area contributed by atoms with Crippen LogP contribution in [0.5, 0.6) is 0 Å². The Bertz CT molecular complexity index is 727. The topological polar surface area (TPSA) is 51.6 Å². The van der Waals surface area contributed by atoms with Crippen molar-refractivity contribution >= 4 is 22.6 Å². The van der Waals surface area contributed by atoms with Gasteiger partial charge in [0, 0.05) is 23.7 Å². The molecule has 0 aliphatic heterocycles. The van der Waals surface area contributed by atoms with Crippen molar-refractivity contribution in [2.45, 2.75) is 6.92 Å². The van der Waals surface area contributed by atoms with E-state index in [0.717, 1.165) is 22.5 Å². The largest absolute Gasteiger partial charge is 0.253 e. The molecule has 0 saturated heterocycles. The molecule has 0 N–H and O–H groups in total. The lowest BCUT2D eigenvalue weighted by Gasteiger charge is -2.04. The molecule has 1 aromatic carbocycles. The average molecular weight is 257 g/mol. The van der Waals surface area contributed by atoms with E-state index in [9.17, 15) is 0 Å². The van der Waals surface area contributed by atoms with Crippen LogP contribution in [0.1, 0.15) is 5.69 Å². The van der Waals surface area contributed by atoms with Crippen LogP contribution in [0.15, 0.2) is 36.9 Å². The molecule has 18 heavy (non-hydrogen) atoms. The molecular weight excluding hydrogens is 248 g/mol. The Hall–Kier alpha value is -2.07. The zero-order valence-electron chi connectivity index (χ0n) is 9.63. The number of aromatic nitrogens is 4. The molecule has 0 bridgehead atoms. The molecule has 0 fully saturated rings. The van der Waals surface area contributed by atoms with E-state index in [0.29, 0.717) is 10.5 Å². The first-order valence-corrected chi connectivity index (χ1v) is 5.81. The van der Waals surface area contributed by atoms with Crippen molar-refractivity contribution < 1.29 is 0 Å². The Morgan fingerprint density at radius 1 is 0.944 bits per heavy atom. The van der Waals surface area contributed by atoms with Crippen molar-refractivity contribution in [3.05, 3.63) is 47.6 Å². The van der Waals surface area contributed by atoms with Crippen LogP contribution in [-0.4, -0.2) is 19.9 Å². The summed E-state index contributed by atoms with van der Waals surface area (Å²) in [4.78, 5) is 16.8. The van der Waals surface area contributed by atoms with Gasteiger partial charge in [-0.2, -0.15) is 0 Å². The van der Waals surface area contributed by atoms with Crippen LogP contribution in [0.4, 0.5) is 0 Å². The molecule has 2 aromatic heterocycles. The Morgan fingerprint density at radius 2 is 1.78 bits per heavy atom. The van der Waals surface area contributed by atoms with Crippen LogP contribution < -0.4 is 0 Å². The van der Waals surface area contributed by atoms with Gasteiger partial charge in [0.1, 0.15) is 11.8 Å². The molecule has 0 atom stereocenters. The lowest BCUT2D eigenvalue weighted by atomic mass is 10.1. The number of nitrogens with zero attached hydrogens (tertiary/aromatic N) is 4. The van der Waals surface area contributed by atoms with Crippen LogP contribution in [0.2, 0.25) is 5.02 Å². The maximum absolute atomic E-state index is 6.21. The zero-order valence-corrected chi connectivity index (χ0v) is 10.4. The van der Waals surface area contributed by atoms with Gasteiger partial charge in [0.05, 0.1) is 16.2 Å². The second-order valence-electron chi connectivity index (χ2n) is 3.93. The van der Waals surface area contributed by atoms with Gasteiger partial charge in [0.15, 0.2) is 0 Å². The number of halogens is 1. The van der Waals surface area contributed by atoms with Gasteiger partial charge >= 0.3 is 0 Å². The summed E-state index contributed by atoms with van der Waals surface area (Å²) in [6, 6.07) is 5.68. The highest BCUT2D eigenvalue weighted by Gasteiger charge is 2.07. The maximum atomic E-state index is 6.21. The van der Waals surface area contributed by atoms with Gasteiger partial charge in [-0.15, -0.1) is 0 Å². The maximum Gasteiger partial charge on any atom is 0.116 e. The second-order valence-corrected chi connectivity index (χ2v) is 4.33. The SMILES string of the molecule is Cc1cc(-c2cc(Cl)c3nccnc3c2)ncn1. The van der Waals surface area contributed by atoms with Gasteiger partial charge in [0.2, 0.25) is 0 Å². The number of benzene rings is 1. The fraction of sp³-hybridized carbons (Fsp3) is 0.0769. The molecular formula is C13H9ClN4. The lowest BCUT2D eigenvalue weighted by Crippen LogP contribution is -1.90. The van der Waals surface area contributed by atoms with Crippen LogP contribution in [0.25, 0.3) is 22.3 Å². The summed E-state index contributed by atoms with van der Waals surface area (Å²) in [5.41, 5.74) is 4.12. The van der Waals surface area contributed by atoms with Crippen molar-refractivity contribution in [1.29, 1.82) is 0 Å². The minimum absolute atomic E-state index is 0.576. The molecule has 0 unspecified atom stereocenters. The monoisotopic (exact) mass is 256 g/mol. The third kappa shape index (κ3) is 1.91. The summed E-state index contributed by atoms with van der Waals surface area (Å²) in [5.74, 6) is 0. The van der Waals surface area contributed by atoms with Crippen LogP contribution in [0.3, 0.4) is 0 Å². The quantitative estimate of drug-likeness (QED) is 0.671. The molecule has 0 spiro atoms. The van der Waals surface area contributed by atoms with E-state index in [-0.39, 0.29) is 0 Å². The van der Waals surface area contributed by atoms with Crippen molar-refractivity contribution in [3.63, 3.8) is 0 Å². The predicted molar refractivity (Wildman–Crippen MR) is 70.3 cm³/mol. The highest BCUT2D eigenvalue weighted by molar-refractivity contribution is 6.35. The van der Waals surface area contributed by atoms with Crippen molar-refractivity contribution in [2.24, 2.45) is 0 Å². The van der Waals surface area contributed by atoms with E-state index in [1.807, 2.05) is 25.1 Å². The fourth-order valence-electron chi connectivity index (χ4n) is 1.79. The molecule has 5 heteroatoms. The predicted octanol–water partition coefficient (Wildman–Crippen LogP) is 3.05. The van der Waals surface area contributed by atoms with E-state index >= 15 is 0 Å². The lowest BCUT2D eigenvalue weighted by molar-refractivity contribution is 1.11. The minimum atomic E-state index is 0.576. The highest BCUT2D eigenvalue weighted by atomic mass is 35.5. The second kappa shape index (κ2) is 4.31. The molecule has 3 aromatic rings. The van der Waals surface area contributed by atoms with E-state index in [2.05, 4.69) is 19.9 Å². The Morgan fingerprint density at radius 3 is 2.61 bits per heavy atom. The Kier molecular flexibility index (Phi) is 2.64. The smallest absolute Gasteiger partial charge is 0.116 e. The van der Waals surface area contributed by atoms with Gasteiger partial charge in [-0.05, 0) is 25.1 Å². The summed E-state index contributed by atoms with van der Waals surface area (Å²) in [5, 5.41) is 0.576.